The van der Waals surface area contributed by atoms with Gasteiger partial charge < -0.3 is 50.0 Å². The van der Waals surface area contributed by atoms with E-state index in [0.717, 1.165) is 13.8 Å². The first-order valence-corrected chi connectivity index (χ1v) is 9.25. The van der Waals surface area contributed by atoms with E-state index < -0.39 is 85.2 Å². The topological polar surface area (TPSA) is 251 Å². The number of nitrogens with two attached hydrogens (primary N) is 1. The second-order valence-electron chi connectivity index (χ2n) is 7.29. The van der Waals surface area contributed by atoms with E-state index in [-0.39, 0.29) is 0 Å². The van der Waals surface area contributed by atoms with E-state index in [2.05, 4.69) is 0 Å². The van der Waals surface area contributed by atoms with Crippen LogP contribution in [0, 0.1) is 0 Å². The Kier molecular flexibility index (Phi) is 8.56. The number of rotatable bonds is 8. The molecule has 0 aliphatic carbocycles. The number of hydrazine groups is 1. The Morgan fingerprint density at radius 2 is 1.52 bits per heavy atom. The molecule has 0 spiro atoms. The number of ketones is 2. The van der Waals surface area contributed by atoms with Crippen molar-refractivity contribution in [1.29, 1.82) is 0 Å². The van der Waals surface area contributed by atoms with E-state index in [1.165, 1.54) is 0 Å². The fourth-order valence-electron chi connectivity index (χ4n) is 3.63. The molecule has 2 heterocycles. The Labute approximate surface area is 175 Å². The second kappa shape index (κ2) is 10.2. The first kappa shape index (κ1) is 26.1. The summed E-state index contributed by atoms with van der Waals surface area (Å²) in [5.74, 6) is 3.14. The zero-order chi connectivity index (χ0) is 23.7. The predicted molar refractivity (Wildman–Crippen MR) is 94.0 cm³/mol. The van der Waals surface area contributed by atoms with Crippen LogP contribution < -0.4 is 11.4 Å². The highest BCUT2D eigenvalue weighted by molar-refractivity contribution is 6.09. The quantitative estimate of drug-likeness (QED) is 0.0936. The Bertz CT molecular complexity index is 635. The zero-order valence-electron chi connectivity index (χ0n) is 16.6. The van der Waals surface area contributed by atoms with Crippen LogP contribution in [0.1, 0.15) is 13.8 Å². The lowest BCUT2D eigenvalue weighted by Gasteiger charge is -2.48. The van der Waals surface area contributed by atoms with Crippen molar-refractivity contribution < 1.29 is 64.4 Å². The van der Waals surface area contributed by atoms with Crippen LogP contribution in [-0.4, -0.2) is 121 Å². The van der Waals surface area contributed by atoms with Crippen LogP contribution >= 0.6 is 0 Å². The van der Waals surface area contributed by atoms with Crippen LogP contribution in [0.2, 0.25) is 0 Å². The molecule has 0 aromatic rings. The first-order valence-electron chi connectivity index (χ1n) is 9.25. The molecule has 10 atom stereocenters. The van der Waals surface area contributed by atoms with Gasteiger partial charge in [-0.05, 0) is 13.8 Å². The summed E-state index contributed by atoms with van der Waals surface area (Å²) >= 11 is 0. The number of aliphatic hydroxyl groups is 7. The summed E-state index contributed by atoms with van der Waals surface area (Å²) in [5, 5.41) is 70.0. The van der Waals surface area contributed by atoms with Crippen LogP contribution in [0.25, 0.3) is 0 Å². The predicted octanol–water partition coefficient (Wildman–Crippen LogP) is -6.08. The van der Waals surface area contributed by atoms with E-state index in [9.17, 15) is 45.3 Å². The van der Waals surface area contributed by atoms with Crippen LogP contribution in [-0.2, 0) is 28.6 Å². The third kappa shape index (κ3) is 4.64. The van der Waals surface area contributed by atoms with Gasteiger partial charge in [-0.15, -0.1) is 5.59 Å². The van der Waals surface area contributed by atoms with Gasteiger partial charge in [0.25, 0.3) is 0 Å². The Hall–Kier alpha value is -1.18. The monoisotopic (exact) mass is 456 g/mol. The minimum atomic E-state index is -2.56. The molecule has 15 nitrogen and oxygen atoms in total. The highest BCUT2D eigenvalue weighted by Gasteiger charge is 2.60. The maximum Gasteiger partial charge on any atom is 0.234 e. The van der Waals surface area contributed by atoms with Gasteiger partial charge in [0, 0.05) is 0 Å². The van der Waals surface area contributed by atoms with Crippen LogP contribution in [0.5, 0.6) is 0 Å². The number of carbonyl (C=O) groups excluding carboxylic acids is 2. The van der Waals surface area contributed by atoms with E-state index >= 15 is 0 Å². The number of nitrogens with one attached hydrogen (secondary N) is 1. The summed E-state index contributed by atoms with van der Waals surface area (Å²) in [6.45, 7) is 1.06. The molecule has 0 radical (unpaired) electrons. The van der Waals surface area contributed by atoms with Crippen molar-refractivity contribution in [2.45, 2.75) is 80.9 Å². The van der Waals surface area contributed by atoms with Gasteiger partial charge >= 0.3 is 0 Å². The third-order valence-electron chi connectivity index (χ3n) is 5.37. The Morgan fingerprint density at radius 3 is 2.00 bits per heavy atom. The van der Waals surface area contributed by atoms with Crippen molar-refractivity contribution >= 4 is 11.6 Å². The molecule has 2 rings (SSSR count). The van der Waals surface area contributed by atoms with Gasteiger partial charge in [-0.1, -0.05) is 0 Å². The number of carbonyl (C=O) groups is 2. The standard InChI is InChI=1S/C16H28N2O13/c1-4(20)16(5(2)21,31-18-17)13-9(24)7(22)11(26)15(30-13)29-12-6(3-19)28-14(27)10(25)8(12)23/h6-15,18-19,22-27H,3,17H2,1-2H3/t6-,7+,8-,9-,10-,11-,12-,13+,14+,15-/m1/s1. The van der Waals surface area contributed by atoms with E-state index in [1.807, 2.05) is 0 Å². The van der Waals surface area contributed by atoms with Gasteiger partial charge in [-0.25, -0.2) is 5.84 Å². The molecule has 31 heavy (non-hydrogen) atoms. The third-order valence-corrected chi connectivity index (χ3v) is 5.37. The zero-order valence-corrected chi connectivity index (χ0v) is 16.6. The minimum absolute atomic E-state index is 0.798. The van der Waals surface area contributed by atoms with Gasteiger partial charge in [-0.3, -0.25) is 14.4 Å². The molecular formula is C16H28N2O13. The molecule has 0 bridgehead atoms. The molecule has 0 amide bonds. The van der Waals surface area contributed by atoms with Crippen LogP contribution in [0.3, 0.4) is 0 Å². The Morgan fingerprint density at radius 1 is 0.935 bits per heavy atom. The largest absolute Gasteiger partial charge is 0.394 e. The summed E-state index contributed by atoms with van der Waals surface area (Å²) in [6.07, 6.45) is -18.5. The molecule has 10 N–H and O–H groups in total. The minimum Gasteiger partial charge on any atom is -0.394 e. The van der Waals surface area contributed by atoms with Gasteiger partial charge in [0.1, 0.15) is 48.8 Å². The molecule has 2 aliphatic heterocycles. The van der Waals surface area contributed by atoms with Crippen molar-refractivity contribution in [1.82, 2.24) is 5.59 Å². The molecule has 0 saturated carbocycles. The van der Waals surface area contributed by atoms with Crippen LogP contribution in [0.15, 0.2) is 0 Å². The van der Waals surface area contributed by atoms with E-state index in [4.69, 9.17) is 24.9 Å². The molecule has 2 aliphatic rings. The SMILES string of the molecule is CC(=O)C(ONN)(C(C)=O)[C@H]1O[C@@H](O[C@H]2[C@H](O)[C@@H](O)[C@@H](O)O[C@@H]2CO)[C@H](O)[C@@H](O)[C@H]1O. The maximum atomic E-state index is 12.3. The van der Waals surface area contributed by atoms with E-state index in [0.29, 0.717) is 0 Å². The van der Waals surface area contributed by atoms with Gasteiger partial charge in [0.05, 0.1) is 6.61 Å². The molecule has 0 unspecified atom stereocenters. The van der Waals surface area contributed by atoms with Crippen molar-refractivity contribution in [3.05, 3.63) is 0 Å². The number of aliphatic hydroxyl groups excluding tert-OH is 7. The number of Topliss-reactive ketones (excluding diaryl/α,β-unsaturated/α-hetero) is 2. The molecule has 0 aromatic heterocycles. The van der Waals surface area contributed by atoms with Gasteiger partial charge in [-0.2, -0.15) is 0 Å². The highest BCUT2D eigenvalue weighted by atomic mass is 16.7. The van der Waals surface area contributed by atoms with Gasteiger partial charge in [0.15, 0.2) is 24.1 Å². The summed E-state index contributed by atoms with van der Waals surface area (Å²) in [6, 6.07) is 0. The van der Waals surface area contributed by atoms with Crippen molar-refractivity contribution in [2.24, 2.45) is 5.84 Å². The second-order valence-corrected chi connectivity index (χ2v) is 7.29. The van der Waals surface area contributed by atoms with Crippen molar-refractivity contribution in [3.63, 3.8) is 0 Å². The smallest absolute Gasteiger partial charge is 0.234 e. The summed E-state index contributed by atoms with van der Waals surface area (Å²) in [5.41, 5.74) is -0.891. The summed E-state index contributed by atoms with van der Waals surface area (Å²) in [4.78, 5) is 29.5. The van der Waals surface area contributed by atoms with Gasteiger partial charge in [0.2, 0.25) is 5.60 Å². The molecule has 0 aromatic carbocycles. The van der Waals surface area contributed by atoms with E-state index in [1.54, 1.807) is 5.59 Å². The number of hydrogen-bond acceptors (Lipinski definition) is 15. The molecule has 15 heteroatoms. The maximum absolute atomic E-state index is 12.3. The average Bonchev–Trinajstić information content (AvgIpc) is 2.71. The number of hydrogen-bond donors (Lipinski definition) is 9. The summed E-state index contributed by atoms with van der Waals surface area (Å²) in [7, 11) is 0. The summed E-state index contributed by atoms with van der Waals surface area (Å²) < 4.78 is 15.7. The molecule has 2 saturated heterocycles. The van der Waals surface area contributed by atoms with Crippen LogP contribution in [0.4, 0.5) is 0 Å². The average molecular weight is 456 g/mol. The Balaban J connectivity index is 2.38. The first-order chi connectivity index (χ1) is 14.4. The normalized spacial score (nSPS) is 41.7. The lowest BCUT2D eigenvalue weighted by Crippen LogP contribution is -2.71. The molecular weight excluding hydrogens is 428 g/mol. The fraction of sp³-hybridized carbons (Fsp3) is 0.875. The molecule has 2 fully saturated rings. The lowest BCUT2D eigenvalue weighted by molar-refractivity contribution is -0.364. The van der Waals surface area contributed by atoms with Crippen molar-refractivity contribution in [2.75, 3.05) is 6.61 Å². The number of ether oxygens (including phenoxy) is 3. The lowest BCUT2D eigenvalue weighted by atomic mass is 9.81. The fourth-order valence-corrected chi connectivity index (χ4v) is 3.63. The van der Waals surface area contributed by atoms with Crippen molar-refractivity contribution in [3.8, 4) is 0 Å². The highest BCUT2D eigenvalue weighted by Crippen LogP contribution is 2.34. The molecule has 180 valence electrons.